The quantitative estimate of drug-likeness (QED) is 0.630. The van der Waals surface area contributed by atoms with E-state index < -0.39 is 6.04 Å². The molecule has 8 nitrogen and oxygen atoms in total. The van der Waals surface area contributed by atoms with Crippen molar-refractivity contribution in [3.05, 3.63) is 29.8 Å². The van der Waals surface area contributed by atoms with Gasteiger partial charge in [0.15, 0.2) is 0 Å². The maximum atomic E-state index is 13.0. The van der Waals surface area contributed by atoms with Crippen molar-refractivity contribution in [2.75, 3.05) is 26.9 Å². The predicted molar refractivity (Wildman–Crippen MR) is 109 cm³/mol. The maximum Gasteiger partial charge on any atom is 0.324 e. The summed E-state index contributed by atoms with van der Waals surface area (Å²) in [5.41, 5.74) is 0.718. The van der Waals surface area contributed by atoms with Gasteiger partial charge in [0.25, 0.3) is 5.91 Å². The van der Waals surface area contributed by atoms with E-state index in [1.54, 1.807) is 7.11 Å². The smallest absolute Gasteiger partial charge is 0.324 e. The third-order valence-electron chi connectivity index (χ3n) is 6.32. The summed E-state index contributed by atoms with van der Waals surface area (Å²) in [6.07, 6.45) is 4.05. The average molecular weight is 415 g/mol. The lowest BCUT2D eigenvalue weighted by molar-refractivity contribution is -0.129. The van der Waals surface area contributed by atoms with E-state index in [0.717, 1.165) is 37.0 Å². The highest BCUT2D eigenvalue weighted by molar-refractivity contribution is 6.04. The molecule has 2 heterocycles. The summed E-state index contributed by atoms with van der Waals surface area (Å²) in [7, 11) is 1.62. The molecule has 0 spiro atoms. The lowest BCUT2D eigenvalue weighted by atomic mass is 9.73. The van der Waals surface area contributed by atoms with Gasteiger partial charge in [-0.25, -0.2) is 4.79 Å². The normalized spacial score (nSPS) is 23.2. The molecule has 1 aromatic rings. The van der Waals surface area contributed by atoms with Crippen molar-refractivity contribution < 1.29 is 23.9 Å². The number of hydrogen-bond acceptors (Lipinski definition) is 5. The summed E-state index contributed by atoms with van der Waals surface area (Å²) in [4.78, 5) is 38.9. The van der Waals surface area contributed by atoms with Gasteiger partial charge in [-0.05, 0) is 49.8 Å². The Morgan fingerprint density at radius 2 is 1.93 bits per heavy atom. The van der Waals surface area contributed by atoms with Gasteiger partial charge in [0, 0.05) is 37.6 Å². The Labute approximate surface area is 176 Å². The largest absolute Gasteiger partial charge is 0.497 e. The van der Waals surface area contributed by atoms with Crippen molar-refractivity contribution in [1.82, 2.24) is 15.5 Å². The van der Waals surface area contributed by atoms with Crippen LogP contribution in [-0.2, 0) is 19.7 Å². The topological polar surface area (TPSA) is 97.0 Å². The van der Waals surface area contributed by atoms with Crippen LogP contribution >= 0.6 is 0 Å². The number of ether oxygens (including phenoxy) is 2. The Hall–Kier alpha value is -2.61. The number of amides is 4. The number of nitrogens with zero attached hydrogens (tertiary/aromatic N) is 1. The Bertz CT molecular complexity index is 799. The number of carbonyl (C=O) groups is 3. The molecule has 1 aliphatic carbocycles. The second-order valence-corrected chi connectivity index (χ2v) is 8.43. The summed E-state index contributed by atoms with van der Waals surface area (Å²) in [5.74, 6) is 0.455. The Morgan fingerprint density at radius 3 is 2.57 bits per heavy atom. The van der Waals surface area contributed by atoms with Crippen molar-refractivity contribution in [3.63, 3.8) is 0 Å². The Kier molecular flexibility index (Phi) is 5.94. The molecule has 3 aliphatic rings. The second-order valence-electron chi connectivity index (χ2n) is 8.43. The molecule has 1 saturated carbocycles. The van der Waals surface area contributed by atoms with Gasteiger partial charge in [0.2, 0.25) is 5.91 Å². The molecule has 1 aromatic carbocycles. The molecular formula is C22H29N3O5. The monoisotopic (exact) mass is 415 g/mol. The van der Waals surface area contributed by atoms with Gasteiger partial charge >= 0.3 is 6.03 Å². The Balaban J connectivity index is 1.44. The van der Waals surface area contributed by atoms with Crippen LogP contribution in [0.2, 0.25) is 0 Å². The number of methoxy groups -OCH3 is 1. The van der Waals surface area contributed by atoms with E-state index in [-0.39, 0.29) is 29.7 Å². The first-order chi connectivity index (χ1) is 14.5. The van der Waals surface area contributed by atoms with E-state index in [0.29, 0.717) is 32.2 Å². The average Bonchev–Trinajstić information content (AvgIpc) is 3.54. The SMILES string of the molecule is COc1ccc(C2(CN3C(=O)N[C@H](CCC(=O)NC4CC4)C3=O)CCOCC2)cc1. The first-order valence-corrected chi connectivity index (χ1v) is 10.6. The molecule has 0 unspecified atom stereocenters. The van der Waals surface area contributed by atoms with Crippen LogP contribution < -0.4 is 15.4 Å². The van der Waals surface area contributed by atoms with E-state index in [1.807, 2.05) is 24.3 Å². The first-order valence-electron chi connectivity index (χ1n) is 10.6. The van der Waals surface area contributed by atoms with Crippen LogP contribution in [0.4, 0.5) is 4.79 Å². The number of imide groups is 1. The van der Waals surface area contributed by atoms with E-state index >= 15 is 0 Å². The van der Waals surface area contributed by atoms with E-state index in [1.165, 1.54) is 4.90 Å². The van der Waals surface area contributed by atoms with Crippen LogP contribution in [0.5, 0.6) is 5.75 Å². The number of benzene rings is 1. The first kappa shape index (κ1) is 20.7. The van der Waals surface area contributed by atoms with Gasteiger partial charge in [-0.1, -0.05) is 12.1 Å². The van der Waals surface area contributed by atoms with Gasteiger partial charge in [0.05, 0.1) is 7.11 Å². The fraction of sp³-hybridized carbons (Fsp3) is 0.591. The lowest BCUT2D eigenvalue weighted by Gasteiger charge is -2.39. The summed E-state index contributed by atoms with van der Waals surface area (Å²) in [6, 6.07) is 7.08. The van der Waals surface area contributed by atoms with Gasteiger partial charge in [0.1, 0.15) is 11.8 Å². The van der Waals surface area contributed by atoms with E-state index in [2.05, 4.69) is 10.6 Å². The second kappa shape index (κ2) is 8.63. The Morgan fingerprint density at radius 1 is 1.23 bits per heavy atom. The number of urea groups is 1. The zero-order chi connectivity index (χ0) is 21.1. The molecule has 2 N–H and O–H groups in total. The molecule has 4 amide bonds. The number of hydrogen-bond donors (Lipinski definition) is 2. The number of nitrogens with one attached hydrogen (secondary N) is 2. The van der Waals surface area contributed by atoms with Crippen LogP contribution in [0.15, 0.2) is 24.3 Å². The zero-order valence-electron chi connectivity index (χ0n) is 17.3. The highest BCUT2D eigenvalue weighted by Gasteiger charge is 2.44. The molecule has 0 aromatic heterocycles. The molecule has 0 bridgehead atoms. The molecule has 2 aliphatic heterocycles. The van der Waals surface area contributed by atoms with Crippen LogP contribution in [0.1, 0.15) is 44.1 Å². The fourth-order valence-corrected chi connectivity index (χ4v) is 4.27. The van der Waals surface area contributed by atoms with Crippen molar-refractivity contribution in [2.24, 2.45) is 0 Å². The van der Waals surface area contributed by atoms with Crippen LogP contribution in [0.3, 0.4) is 0 Å². The van der Waals surface area contributed by atoms with Crippen molar-refractivity contribution in [1.29, 1.82) is 0 Å². The highest BCUT2D eigenvalue weighted by Crippen LogP contribution is 2.37. The molecular weight excluding hydrogens is 386 g/mol. The molecule has 3 fully saturated rings. The number of rotatable bonds is 8. The van der Waals surface area contributed by atoms with Gasteiger partial charge in [-0.15, -0.1) is 0 Å². The summed E-state index contributed by atoms with van der Waals surface area (Å²) >= 11 is 0. The summed E-state index contributed by atoms with van der Waals surface area (Å²) < 4.78 is 10.8. The van der Waals surface area contributed by atoms with Gasteiger partial charge in [-0.3, -0.25) is 14.5 Å². The fourth-order valence-electron chi connectivity index (χ4n) is 4.27. The van der Waals surface area contributed by atoms with Crippen LogP contribution in [0.25, 0.3) is 0 Å². The minimum Gasteiger partial charge on any atom is -0.497 e. The molecule has 8 heteroatoms. The molecule has 30 heavy (non-hydrogen) atoms. The minimum atomic E-state index is -0.643. The van der Waals surface area contributed by atoms with Crippen molar-refractivity contribution in [3.8, 4) is 5.75 Å². The van der Waals surface area contributed by atoms with Gasteiger partial charge in [-0.2, -0.15) is 0 Å². The highest BCUT2D eigenvalue weighted by atomic mass is 16.5. The molecule has 0 radical (unpaired) electrons. The number of carbonyl (C=O) groups excluding carboxylic acids is 3. The van der Waals surface area contributed by atoms with Crippen molar-refractivity contribution in [2.45, 2.75) is 56.0 Å². The minimum absolute atomic E-state index is 0.0582. The lowest BCUT2D eigenvalue weighted by Crippen LogP contribution is -2.47. The molecule has 162 valence electrons. The molecule has 2 saturated heterocycles. The molecule has 4 rings (SSSR count). The van der Waals surface area contributed by atoms with Crippen molar-refractivity contribution >= 4 is 17.8 Å². The maximum absolute atomic E-state index is 13.0. The third kappa shape index (κ3) is 4.43. The zero-order valence-corrected chi connectivity index (χ0v) is 17.3. The van der Waals surface area contributed by atoms with Crippen LogP contribution in [-0.4, -0.2) is 61.7 Å². The van der Waals surface area contributed by atoms with Gasteiger partial charge < -0.3 is 20.1 Å². The van der Waals surface area contributed by atoms with E-state index in [4.69, 9.17) is 9.47 Å². The van der Waals surface area contributed by atoms with E-state index in [9.17, 15) is 14.4 Å². The third-order valence-corrected chi connectivity index (χ3v) is 6.32. The summed E-state index contributed by atoms with van der Waals surface area (Å²) in [5, 5.41) is 5.68. The predicted octanol–water partition coefficient (Wildman–Crippen LogP) is 1.72. The standard InChI is InChI=1S/C22H29N3O5/c1-29-17-6-2-15(3-7-17)22(10-12-30-13-11-22)14-25-20(27)18(24-21(25)28)8-9-19(26)23-16-4-5-16/h2-3,6-7,16,18H,4-5,8-14H2,1H3,(H,23,26)(H,24,28)/t18-/m1/s1. The molecule has 1 atom stereocenters. The summed E-state index contributed by atoms with van der Waals surface area (Å²) in [6.45, 7) is 1.47. The van der Waals surface area contributed by atoms with Crippen LogP contribution in [0, 0.1) is 0 Å².